The van der Waals surface area contributed by atoms with Gasteiger partial charge in [0.05, 0.1) is 6.54 Å². The molecule has 1 aromatic heterocycles. The number of carbonyl (C=O) groups excluding carboxylic acids is 1. The zero-order valence-corrected chi connectivity index (χ0v) is 13.0. The Morgan fingerprint density at radius 2 is 2.00 bits per heavy atom. The highest BCUT2D eigenvalue weighted by Crippen LogP contribution is 2.20. The van der Waals surface area contributed by atoms with E-state index >= 15 is 0 Å². The van der Waals surface area contributed by atoms with Crippen molar-refractivity contribution in [2.45, 2.75) is 26.4 Å². The van der Waals surface area contributed by atoms with Gasteiger partial charge in [-0.05, 0) is 31.5 Å². The second-order valence-corrected chi connectivity index (χ2v) is 5.71. The van der Waals surface area contributed by atoms with E-state index in [9.17, 15) is 4.79 Å². The Morgan fingerprint density at radius 3 is 2.77 bits per heavy atom. The van der Waals surface area contributed by atoms with Crippen molar-refractivity contribution in [2.24, 2.45) is 0 Å². The van der Waals surface area contributed by atoms with Gasteiger partial charge in [-0.1, -0.05) is 24.3 Å². The summed E-state index contributed by atoms with van der Waals surface area (Å²) in [4.78, 5) is 18.8. The number of nitrogens with zero attached hydrogens (tertiary/aromatic N) is 2. The number of carbonyl (C=O) groups is 1. The number of aromatic nitrogens is 1. The van der Waals surface area contributed by atoms with E-state index in [1.807, 2.05) is 61.2 Å². The second kappa shape index (κ2) is 6.18. The number of rotatable bonds is 3. The summed E-state index contributed by atoms with van der Waals surface area (Å²) in [6.07, 6.45) is 0.857. The van der Waals surface area contributed by atoms with Crippen molar-refractivity contribution in [2.75, 3.05) is 13.1 Å². The molecule has 1 unspecified atom stereocenters. The predicted molar refractivity (Wildman–Crippen MR) is 85.1 cm³/mol. The summed E-state index contributed by atoms with van der Waals surface area (Å²) in [5.41, 5.74) is 2.72. The minimum atomic E-state index is 0.0160. The van der Waals surface area contributed by atoms with Gasteiger partial charge in [0.25, 0.3) is 5.91 Å². The number of hydrogen-bond acceptors (Lipinski definition) is 3. The van der Waals surface area contributed by atoms with Crippen LogP contribution in [0.1, 0.15) is 28.0 Å². The highest BCUT2D eigenvalue weighted by molar-refractivity contribution is 5.95. The van der Waals surface area contributed by atoms with Crippen LogP contribution in [0.3, 0.4) is 0 Å². The van der Waals surface area contributed by atoms with Gasteiger partial charge in [-0.25, -0.2) is 4.98 Å². The highest BCUT2D eigenvalue weighted by atomic mass is 16.5. The van der Waals surface area contributed by atoms with Crippen molar-refractivity contribution in [3.05, 3.63) is 59.3 Å². The molecular formula is C18H20N2O2. The Labute approximate surface area is 130 Å². The Balaban J connectivity index is 1.65. The lowest BCUT2D eigenvalue weighted by atomic mass is 10.1. The van der Waals surface area contributed by atoms with Gasteiger partial charge in [0, 0.05) is 30.3 Å². The third-order valence-corrected chi connectivity index (χ3v) is 3.96. The Hall–Kier alpha value is -2.36. The fourth-order valence-electron chi connectivity index (χ4n) is 2.75. The molecular weight excluding hydrogens is 276 g/mol. The molecule has 1 amide bonds. The largest absolute Gasteiger partial charge is 0.472 e. The first-order chi connectivity index (χ1) is 10.6. The number of hydrogen-bond donors (Lipinski definition) is 0. The molecule has 22 heavy (non-hydrogen) atoms. The van der Waals surface area contributed by atoms with Crippen LogP contribution in [-0.2, 0) is 0 Å². The lowest BCUT2D eigenvalue weighted by Crippen LogP contribution is -2.31. The minimum Gasteiger partial charge on any atom is -0.472 e. The van der Waals surface area contributed by atoms with Crippen LogP contribution in [0.25, 0.3) is 0 Å². The number of ether oxygens (including phenoxy) is 1. The first kappa shape index (κ1) is 14.6. The molecule has 0 bridgehead atoms. The van der Waals surface area contributed by atoms with Gasteiger partial charge in [-0.15, -0.1) is 0 Å². The molecule has 4 heteroatoms. The third kappa shape index (κ3) is 3.11. The molecule has 2 aromatic rings. The van der Waals surface area contributed by atoms with E-state index in [-0.39, 0.29) is 12.0 Å². The van der Waals surface area contributed by atoms with Gasteiger partial charge in [-0.3, -0.25) is 4.79 Å². The number of benzene rings is 1. The molecule has 114 valence electrons. The molecule has 0 spiro atoms. The molecule has 1 fully saturated rings. The van der Waals surface area contributed by atoms with E-state index < -0.39 is 0 Å². The summed E-state index contributed by atoms with van der Waals surface area (Å²) in [5, 5.41) is 0. The molecule has 0 aliphatic carbocycles. The molecule has 3 rings (SSSR count). The van der Waals surface area contributed by atoms with Gasteiger partial charge in [0.1, 0.15) is 6.10 Å². The van der Waals surface area contributed by atoms with Crippen LogP contribution in [0, 0.1) is 13.8 Å². The normalized spacial score (nSPS) is 17.5. The van der Waals surface area contributed by atoms with Crippen LogP contribution in [0.4, 0.5) is 0 Å². The van der Waals surface area contributed by atoms with Crippen LogP contribution < -0.4 is 4.74 Å². The summed E-state index contributed by atoms with van der Waals surface area (Å²) in [6.45, 7) is 5.25. The number of likely N-dealkylation sites (tertiary alicyclic amines) is 1. The van der Waals surface area contributed by atoms with E-state index in [4.69, 9.17) is 4.74 Å². The van der Waals surface area contributed by atoms with Crippen molar-refractivity contribution < 1.29 is 9.53 Å². The summed E-state index contributed by atoms with van der Waals surface area (Å²) in [7, 11) is 0. The van der Waals surface area contributed by atoms with Crippen molar-refractivity contribution in [3.8, 4) is 5.88 Å². The van der Waals surface area contributed by atoms with Crippen LogP contribution in [0.2, 0.25) is 0 Å². The molecule has 1 aliphatic heterocycles. The minimum absolute atomic E-state index is 0.0160. The number of pyridine rings is 1. The monoisotopic (exact) mass is 296 g/mol. The van der Waals surface area contributed by atoms with Crippen LogP contribution in [0.15, 0.2) is 42.5 Å². The van der Waals surface area contributed by atoms with Crippen LogP contribution in [0.5, 0.6) is 5.88 Å². The summed E-state index contributed by atoms with van der Waals surface area (Å²) >= 11 is 0. The van der Waals surface area contributed by atoms with Crippen molar-refractivity contribution in [1.29, 1.82) is 0 Å². The fourth-order valence-corrected chi connectivity index (χ4v) is 2.75. The van der Waals surface area contributed by atoms with Crippen LogP contribution >= 0.6 is 0 Å². The Morgan fingerprint density at radius 1 is 1.18 bits per heavy atom. The summed E-state index contributed by atoms with van der Waals surface area (Å²) in [5.74, 6) is 0.719. The van der Waals surface area contributed by atoms with E-state index in [1.54, 1.807) is 0 Å². The van der Waals surface area contributed by atoms with Gasteiger partial charge >= 0.3 is 0 Å². The Bertz CT molecular complexity index is 684. The maximum absolute atomic E-state index is 12.6. The van der Waals surface area contributed by atoms with Crippen LogP contribution in [-0.4, -0.2) is 35.0 Å². The maximum atomic E-state index is 12.6. The molecule has 1 saturated heterocycles. The smallest absolute Gasteiger partial charge is 0.254 e. The maximum Gasteiger partial charge on any atom is 0.254 e. The predicted octanol–water partition coefficient (Wildman–Crippen LogP) is 2.99. The van der Waals surface area contributed by atoms with Crippen molar-refractivity contribution in [1.82, 2.24) is 9.88 Å². The lowest BCUT2D eigenvalue weighted by Gasteiger charge is -2.18. The van der Waals surface area contributed by atoms with E-state index in [2.05, 4.69) is 4.98 Å². The average Bonchev–Trinajstić information content (AvgIpc) is 2.95. The molecule has 1 aromatic carbocycles. The zero-order chi connectivity index (χ0) is 15.5. The van der Waals surface area contributed by atoms with E-state index in [1.165, 1.54) is 0 Å². The van der Waals surface area contributed by atoms with Gasteiger partial charge in [0.2, 0.25) is 5.88 Å². The second-order valence-electron chi connectivity index (χ2n) is 5.71. The number of amides is 1. The van der Waals surface area contributed by atoms with Gasteiger partial charge < -0.3 is 9.64 Å². The molecule has 0 N–H and O–H groups in total. The fraction of sp³-hybridized carbons (Fsp3) is 0.333. The zero-order valence-electron chi connectivity index (χ0n) is 13.0. The molecule has 4 nitrogen and oxygen atoms in total. The molecule has 0 radical (unpaired) electrons. The standard InChI is InChI=1S/C18H20N2O2/c1-13-6-3-4-8-16(13)18(21)20-11-10-15(12-20)22-17-9-5-7-14(2)19-17/h3-9,15H,10-12H2,1-2H3. The quantitative estimate of drug-likeness (QED) is 0.874. The summed E-state index contributed by atoms with van der Waals surface area (Å²) < 4.78 is 5.90. The first-order valence-corrected chi connectivity index (χ1v) is 7.59. The number of aryl methyl sites for hydroxylation is 2. The molecule has 0 saturated carbocycles. The molecule has 1 atom stereocenters. The van der Waals surface area contributed by atoms with E-state index in [0.717, 1.165) is 29.8 Å². The van der Waals surface area contributed by atoms with Crippen molar-refractivity contribution in [3.63, 3.8) is 0 Å². The average molecular weight is 296 g/mol. The van der Waals surface area contributed by atoms with Gasteiger partial charge in [0.15, 0.2) is 0 Å². The highest BCUT2D eigenvalue weighted by Gasteiger charge is 2.29. The van der Waals surface area contributed by atoms with E-state index in [0.29, 0.717) is 12.4 Å². The van der Waals surface area contributed by atoms with Gasteiger partial charge in [-0.2, -0.15) is 0 Å². The summed E-state index contributed by atoms with van der Waals surface area (Å²) in [6, 6.07) is 13.4. The third-order valence-electron chi connectivity index (χ3n) is 3.96. The SMILES string of the molecule is Cc1cccc(OC2CCN(C(=O)c3ccccc3C)C2)n1. The Kier molecular flexibility index (Phi) is 4.09. The molecule has 1 aliphatic rings. The first-order valence-electron chi connectivity index (χ1n) is 7.59. The lowest BCUT2D eigenvalue weighted by molar-refractivity contribution is 0.0770. The topological polar surface area (TPSA) is 42.4 Å². The molecule has 2 heterocycles. The van der Waals surface area contributed by atoms with Crippen molar-refractivity contribution >= 4 is 5.91 Å².